The minimum absolute atomic E-state index is 0.577. The molecule has 0 aliphatic heterocycles. The van der Waals surface area contributed by atoms with Crippen LogP contribution in [-0.4, -0.2) is 15.2 Å². The van der Waals surface area contributed by atoms with Gasteiger partial charge in [0.1, 0.15) is 5.52 Å². The van der Waals surface area contributed by atoms with Gasteiger partial charge >= 0.3 is 0 Å². The summed E-state index contributed by atoms with van der Waals surface area (Å²) in [4.78, 5) is 0.797. The molecule has 0 saturated heterocycles. The number of aromatic nitrogens is 2. The second kappa shape index (κ2) is 2.64. The molecule has 1 heterocycles. The molecule has 5 heteroatoms. The molecule has 2 rings (SSSR count). The van der Waals surface area contributed by atoms with Crippen molar-refractivity contribution < 1.29 is 5.21 Å². The van der Waals surface area contributed by atoms with E-state index in [2.05, 4.69) is 21.0 Å². The van der Waals surface area contributed by atoms with Crippen LogP contribution in [-0.2, 0) is 0 Å². The van der Waals surface area contributed by atoms with E-state index in [1.165, 1.54) is 6.20 Å². The van der Waals surface area contributed by atoms with Crippen LogP contribution in [0.1, 0.15) is 0 Å². The zero-order chi connectivity index (χ0) is 8.72. The fraction of sp³-hybridized carbons (Fsp3) is 0. The van der Waals surface area contributed by atoms with Crippen LogP contribution in [0.25, 0.3) is 10.9 Å². The normalized spacial score (nSPS) is 10.8. The minimum Gasteiger partial charge on any atom is -0.411 e. The van der Waals surface area contributed by atoms with Gasteiger partial charge in [0.25, 0.3) is 0 Å². The third kappa shape index (κ3) is 0.990. The van der Waals surface area contributed by atoms with E-state index < -0.39 is 0 Å². The lowest BCUT2D eigenvalue weighted by atomic mass is 10.3. The van der Waals surface area contributed by atoms with Gasteiger partial charge in [-0.05, 0) is 28.1 Å². The van der Waals surface area contributed by atoms with Crippen molar-refractivity contribution >= 4 is 38.4 Å². The SMILES string of the molecule is On1ncc2c(Cl)ccc(Br)c21. The number of rotatable bonds is 0. The molecule has 0 bridgehead atoms. The van der Waals surface area contributed by atoms with Crippen molar-refractivity contribution in [3.8, 4) is 0 Å². The number of halogens is 2. The summed E-state index contributed by atoms with van der Waals surface area (Å²) in [6.45, 7) is 0. The van der Waals surface area contributed by atoms with Gasteiger partial charge in [-0.2, -0.15) is 0 Å². The van der Waals surface area contributed by atoms with Gasteiger partial charge in [0.05, 0.1) is 11.2 Å². The molecule has 0 aliphatic rings. The Kier molecular flexibility index (Phi) is 1.73. The molecule has 3 nitrogen and oxygen atoms in total. The molecule has 0 amide bonds. The smallest absolute Gasteiger partial charge is 0.125 e. The second-order valence-corrected chi connectivity index (χ2v) is 3.59. The van der Waals surface area contributed by atoms with Crippen molar-refractivity contribution in [3.05, 3.63) is 27.8 Å². The van der Waals surface area contributed by atoms with Crippen LogP contribution >= 0.6 is 27.5 Å². The van der Waals surface area contributed by atoms with Crippen LogP contribution in [0, 0.1) is 0 Å². The molecule has 1 N–H and O–H groups in total. The summed E-state index contributed by atoms with van der Waals surface area (Å²) in [5, 5.41) is 14.2. The lowest BCUT2D eigenvalue weighted by Crippen LogP contribution is -1.91. The Morgan fingerprint density at radius 3 is 2.92 bits per heavy atom. The zero-order valence-corrected chi connectivity index (χ0v) is 8.17. The quantitative estimate of drug-likeness (QED) is 0.727. The van der Waals surface area contributed by atoms with Gasteiger partial charge in [-0.1, -0.05) is 11.6 Å². The van der Waals surface area contributed by atoms with E-state index in [-0.39, 0.29) is 0 Å². The van der Waals surface area contributed by atoms with Crippen molar-refractivity contribution in [1.82, 2.24) is 9.94 Å². The fourth-order valence-electron chi connectivity index (χ4n) is 1.05. The van der Waals surface area contributed by atoms with E-state index in [1.54, 1.807) is 12.1 Å². The largest absolute Gasteiger partial charge is 0.411 e. The maximum absolute atomic E-state index is 9.23. The molecular weight excluding hydrogens is 243 g/mol. The molecular formula is C7H4BrClN2O. The summed E-state index contributed by atoms with van der Waals surface area (Å²) in [6, 6.07) is 3.51. The summed E-state index contributed by atoms with van der Waals surface area (Å²) in [7, 11) is 0. The topological polar surface area (TPSA) is 38.0 Å². The van der Waals surface area contributed by atoms with Gasteiger partial charge in [0.2, 0.25) is 0 Å². The number of hydrogen-bond acceptors (Lipinski definition) is 2. The van der Waals surface area contributed by atoms with Crippen molar-refractivity contribution in [2.75, 3.05) is 0 Å². The Morgan fingerprint density at radius 2 is 2.25 bits per heavy atom. The molecule has 0 radical (unpaired) electrons. The van der Waals surface area contributed by atoms with Crippen molar-refractivity contribution in [1.29, 1.82) is 0 Å². The standard InChI is InChI=1S/C7H4BrClN2O/c8-5-1-2-6(9)4-3-10-11(12)7(4)5/h1-3,12H. The van der Waals surface area contributed by atoms with Crippen molar-refractivity contribution in [2.45, 2.75) is 0 Å². The van der Waals surface area contributed by atoms with Gasteiger partial charge in [-0.3, -0.25) is 0 Å². The monoisotopic (exact) mass is 246 g/mol. The van der Waals surface area contributed by atoms with Crippen LogP contribution in [0.15, 0.2) is 22.8 Å². The van der Waals surface area contributed by atoms with Gasteiger partial charge in [0, 0.05) is 9.86 Å². The lowest BCUT2D eigenvalue weighted by Gasteiger charge is -1.96. The Bertz CT molecular complexity index is 440. The van der Waals surface area contributed by atoms with Crippen LogP contribution in [0.5, 0.6) is 0 Å². The van der Waals surface area contributed by atoms with E-state index in [9.17, 15) is 5.21 Å². The highest BCUT2D eigenvalue weighted by Crippen LogP contribution is 2.28. The molecule has 2 aromatic rings. The van der Waals surface area contributed by atoms with Crippen LogP contribution < -0.4 is 0 Å². The highest BCUT2D eigenvalue weighted by Gasteiger charge is 2.08. The molecule has 12 heavy (non-hydrogen) atoms. The molecule has 0 atom stereocenters. The highest BCUT2D eigenvalue weighted by atomic mass is 79.9. The molecule has 0 fully saturated rings. The fourth-order valence-corrected chi connectivity index (χ4v) is 1.76. The van der Waals surface area contributed by atoms with E-state index in [0.29, 0.717) is 10.5 Å². The second-order valence-electron chi connectivity index (χ2n) is 2.33. The zero-order valence-electron chi connectivity index (χ0n) is 5.83. The first kappa shape index (κ1) is 7.89. The Balaban J connectivity index is 2.98. The molecule has 0 aliphatic carbocycles. The van der Waals surface area contributed by atoms with E-state index >= 15 is 0 Å². The summed E-state index contributed by atoms with van der Waals surface area (Å²) in [5.41, 5.74) is 0.586. The van der Waals surface area contributed by atoms with Crippen LogP contribution in [0.2, 0.25) is 5.02 Å². The van der Waals surface area contributed by atoms with Crippen molar-refractivity contribution in [2.24, 2.45) is 0 Å². The number of fused-ring (bicyclic) bond motifs is 1. The number of benzene rings is 1. The van der Waals surface area contributed by atoms with E-state index in [1.807, 2.05) is 0 Å². The van der Waals surface area contributed by atoms with Crippen LogP contribution in [0.4, 0.5) is 0 Å². The van der Waals surface area contributed by atoms with Crippen molar-refractivity contribution in [3.63, 3.8) is 0 Å². The van der Waals surface area contributed by atoms with Gasteiger partial charge in [0.15, 0.2) is 0 Å². The van der Waals surface area contributed by atoms with Crippen LogP contribution in [0.3, 0.4) is 0 Å². The lowest BCUT2D eigenvalue weighted by molar-refractivity contribution is 0.161. The minimum atomic E-state index is 0.577. The molecule has 62 valence electrons. The van der Waals surface area contributed by atoms with E-state index in [4.69, 9.17) is 11.6 Å². The summed E-state index contributed by atoms with van der Waals surface area (Å²) in [5.74, 6) is 0. The first-order valence-corrected chi connectivity index (χ1v) is 4.38. The Morgan fingerprint density at radius 1 is 1.50 bits per heavy atom. The molecule has 1 aromatic carbocycles. The van der Waals surface area contributed by atoms with Gasteiger partial charge < -0.3 is 5.21 Å². The first-order valence-electron chi connectivity index (χ1n) is 3.21. The Labute approximate surface area is 81.6 Å². The van der Waals surface area contributed by atoms with Gasteiger partial charge in [-0.15, -0.1) is 9.94 Å². The summed E-state index contributed by atoms with van der Waals surface area (Å²) in [6.07, 6.45) is 1.52. The highest BCUT2D eigenvalue weighted by molar-refractivity contribution is 9.10. The first-order chi connectivity index (χ1) is 5.70. The predicted octanol–water partition coefficient (Wildman–Crippen LogP) is 2.69. The summed E-state index contributed by atoms with van der Waals surface area (Å²) < 4.78 is 0.766. The molecule has 0 unspecified atom stereocenters. The summed E-state index contributed by atoms with van der Waals surface area (Å²) >= 11 is 9.14. The molecule has 0 spiro atoms. The number of hydrogen-bond donors (Lipinski definition) is 1. The average Bonchev–Trinajstić information content (AvgIpc) is 2.42. The predicted molar refractivity (Wildman–Crippen MR) is 49.6 cm³/mol. The third-order valence-electron chi connectivity index (χ3n) is 1.61. The molecule has 0 saturated carbocycles. The average molecular weight is 247 g/mol. The van der Waals surface area contributed by atoms with E-state index in [0.717, 1.165) is 14.7 Å². The maximum Gasteiger partial charge on any atom is 0.125 e. The molecule has 1 aromatic heterocycles. The number of nitrogens with zero attached hydrogens (tertiary/aromatic N) is 2. The third-order valence-corrected chi connectivity index (χ3v) is 2.58. The Hall–Kier alpha value is -0.740. The van der Waals surface area contributed by atoms with Gasteiger partial charge in [-0.25, -0.2) is 0 Å². The maximum atomic E-state index is 9.23.